The zero-order valence-corrected chi connectivity index (χ0v) is 14.7. The molecule has 2 aromatic rings. The van der Waals surface area contributed by atoms with Crippen molar-refractivity contribution in [3.05, 3.63) is 47.8 Å². The van der Waals surface area contributed by atoms with E-state index < -0.39 is 0 Å². The molecule has 25 heavy (non-hydrogen) atoms. The molecular formula is C19H25N5O. The Labute approximate surface area is 148 Å². The van der Waals surface area contributed by atoms with Crippen LogP contribution in [0.15, 0.2) is 30.7 Å². The fourth-order valence-corrected chi connectivity index (χ4v) is 3.49. The Morgan fingerprint density at radius 1 is 1.36 bits per heavy atom. The normalized spacial score (nSPS) is 20.3. The maximum Gasteiger partial charge on any atom is 0.226 e. The van der Waals surface area contributed by atoms with Crippen molar-refractivity contribution in [1.82, 2.24) is 24.8 Å². The van der Waals surface area contributed by atoms with E-state index in [0.717, 1.165) is 36.1 Å². The highest BCUT2D eigenvalue weighted by atomic mass is 16.1. The molecule has 1 fully saturated rings. The van der Waals surface area contributed by atoms with Crippen LogP contribution >= 0.6 is 0 Å². The van der Waals surface area contributed by atoms with Crippen LogP contribution in [-0.4, -0.2) is 38.4 Å². The summed E-state index contributed by atoms with van der Waals surface area (Å²) < 4.78 is 2.22. The average molecular weight is 339 g/mol. The first-order valence-corrected chi connectivity index (χ1v) is 9.14. The van der Waals surface area contributed by atoms with Crippen LogP contribution in [0.1, 0.15) is 42.9 Å². The number of rotatable bonds is 6. The van der Waals surface area contributed by atoms with E-state index in [1.807, 2.05) is 18.3 Å². The summed E-state index contributed by atoms with van der Waals surface area (Å²) in [6, 6.07) is 4.17. The summed E-state index contributed by atoms with van der Waals surface area (Å²) in [5.74, 6) is 1.99. The molecule has 0 bridgehead atoms. The zero-order chi connectivity index (χ0) is 17.2. The van der Waals surface area contributed by atoms with Crippen molar-refractivity contribution in [2.45, 2.75) is 45.3 Å². The van der Waals surface area contributed by atoms with Crippen LogP contribution in [0.25, 0.3) is 0 Å². The predicted octanol–water partition coefficient (Wildman–Crippen LogP) is 1.92. The first kappa shape index (κ1) is 16.3. The van der Waals surface area contributed by atoms with Gasteiger partial charge >= 0.3 is 0 Å². The molecule has 6 heteroatoms. The van der Waals surface area contributed by atoms with Gasteiger partial charge in [0.1, 0.15) is 5.82 Å². The lowest BCUT2D eigenvalue weighted by atomic mass is 10.2. The van der Waals surface area contributed by atoms with Gasteiger partial charge < -0.3 is 9.88 Å². The lowest BCUT2D eigenvalue weighted by Crippen LogP contribution is -2.38. The third-order valence-corrected chi connectivity index (χ3v) is 5.15. The van der Waals surface area contributed by atoms with E-state index in [1.165, 1.54) is 19.4 Å². The van der Waals surface area contributed by atoms with E-state index in [0.29, 0.717) is 19.0 Å². The maximum atomic E-state index is 12.2. The minimum atomic E-state index is 0.00166. The fraction of sp³-hybridized carbons (Fsp3) is 0.526. The molecule has 0 aromatic carbocycles. The number of aromatic nitrogens is 3. The molecule has 0 spiro atoms. The van der Waals surface area contributed by atoms with Gasteiger partial charge in [0.15, 0.2) is 0 Å². The number of imidazole rings is 1. The molecule has 1 amide bonds. The lowest BCUT2D eigenvalue weighted by Gasteiger charge is -2.33. The highest BCUT2D eigenvalue weighted by molar-refractivity contribution is 5.78. The van der Waals surface area contributed by atoms with E-state index in [-0.39, 0.29) is 5.91 Å². The van der Waals surface area contributed by atoms with Crippen molar-refractivity contribution in [3.8, 4) is 0 Å². The molecule has 0 saturated heterocycles. The number of hydrogen-bond donors (Lipinski definition) is 1. The van der Waals surface area contributed by atoms with Crippen molar-refractivity contribution < 1.29 is 4.79 Å². The molecule has 3 heterocycles. The SMILES string of the molecule is C[C@@H]1c2nc(CC(=O)NCc3cccnc3)cn2CCN1CC1CC1. The van der Waals surface area contributed by atoms with Gasteiger partial charge in [0, 0.05) is 44.8 Å². The Morgan fingerprint density at radius 3 is 3.00 bits per heavy atom. The summed E-state index contributed by atoms with van der Waals surface area (Å²) >= 11 is 0. The number of carbonyl (C=O) groups is 1. The molecule has 1 atom stereocenters. The first-order valence-electron chi connectivity index (χ1n) is 9.14. The van der Waals surface area contributed by atoms with Crippen molar-refractivity contribution in [3.63, 3.8) is 0 Å². The first-order chi connectivity index (χ1) is 12.2. The van der Waals surface area contributed by atoms with Crippen LogP contribution in [0.4, 0.5) is 0 Å². The van der Waals surface area contributed by atoms with Gasteiger partial charge in [0.2, 0.25) is 5.91 Å². The van der Waals surface area contributed by atoms with Crippen LogP contribution < -0.4 is 5.32 Å². The van der Waals surface area contributed by atoms with Gasteiger partial charge in [0.25, 0.3) is 0 Å². The van der Waals surface area contributed by atoms with Gasteiger partial charge in [-0.2, -0.15) is 0 Å². The summed E-state index contributed by atoms with van der Waals surface area (Å²) in [7, 11) is 0. The van der Waals surface area contributed by atoms with Crippen LogP contribution in [0.2, 0.25) is 0 Å². The van der Waals surface area contributed by atoms with E-state index >= 15 is 0 Å². The van der Waals surface area contributed by atoms with Crippen molar-refractivity contribution in [2.24, 2.45) is 5.92 Å². The van der Waals surface area contributed by atoms with E-state index in [4.69, 9.17) is 4.98 Å². The molecule has 1 saturated carbocycles. The Balaban J connectivity index is 1.35. The van der Waals surface area contributed by atoms with Gasteiger partial charge in [0.05, 0.1) is 18.2 Å². The lowest BCUT2D eigenvalue weighted by molar-refractivity contribution is -0.120. The quantitative estimate of drug-likeness (QED) is 0.873. The van der Waals surface area contributed by atoms with Crippen LogP contribution in [-0.2, 0) is 24.3 Å². The molecule has 0 unspecified atom stereocenters. The standard InChI is InChI=1S/C19H25N5O/c1-14-19-22-17(9-18(25)21-11-16-3-2-6-20-10-16)13-24(19)8-7-23(14)12-15-4-5-15/h2-3,6,10,13-15H,4-5,7-9,11-12H2,1H3,(H,21,25)/t14-/m1/s1. The summed E-state index contributed by atoms with van der Waals surface area (Å²) in [5.41, 5.74) is 1.86. The van der Waals surface area contributed by atoms with Gasteiger partial charge in [-0.25, -0.2) is 4.98 Å². The van der Waals surface area contributed by atoms with Gasteiger partial charge in [-0.1, -0.05) is 6.07 Å². The number of nitrogens with one attached hydrogen (secondary N) is 1. The smallest absolute Gasteiger partial charge is 0.226 e. The topological polar surface area (TPSA) is 63.1 Å². The second-order valence-corrected chi connectivity index (χ2v) is 7.21. The number of carbonyl (C=O) groups excluding carboxylic acids is 1. The highest BCUT2D eigenvalue weighted by Crippen LogP contribution is 2.33. The molecule has 0 radical (unpaired) electrons. The minimum Gasteiger partial charge on any atom is -0.352 e. The van der Waals surface area contributed by atoms with Crippen LogP contribution in [0, 0.1) is 5.92 Å². The summed E-state index contributed by atoms with van der Waals surface area (Å²) in [5, 5.41) is 2.94. The molecule has 2 aromatic heterocycles. The van der Waals surface area contributed by atoms with Crippen molar-refractivity contribution in [1.29, 1.82) is 0 Å². The van der Waals surface area contributed by atoms with E-state index in [2.05, 4.69) is 26.7 Å². The molecule has 1 N–H and O–H groups in total. The highest BCUT2D eigenvalue weighted by Gasteiger charge is 2.31. The van der Waals surface area contributed by atoms with E-state index in [9.17, 15) is 4.79 Å². The van der Waals surface area contributed by atoms with E-state index in [1.54, 1.807) is 12.4 Å². The Bertz CT molecular complexity index is 738. The molecular weight excluding hydrogens is 314 g/mol. The van der Waals surface area contributed by atoms with Crippen LogP contribution in [0.3, 0.4) is 0 Å². The second-order valence-electron chi connectivity index (χ2n) is 7.21. The third-order valence-electron chi connectivity index (χ3n) is 5.15. The van der Waals surface area contributed by atoms with Gasteiger partial charge in [-0.15, -0.1) is 0 Å². The van der Waals surface area contributed by atoms with Crippen molar-refractivity contribution >= 4 is 5.91 Å². The molecule has 1 aliphatic heterocycles. The number of amides is 1. The Kier molecular flexibility index (Phi) is 4.53. The average Bonchev–Trinajstić information content (AvgIpc) is 3.34. The fourth-order valence-electron chi connectivity index (χ4n) is 3.49. The zero-order valence-electron chi connectivity index (χ0n) is 14.7. The summed E-state index contributed by atoms with van der Waals surface area (Å²) in [6.07, 6.45) is 8.62. The minimum absolute atomic E-state index is 0.00166. The van der Waals surface area contributed by atoms with Gasteiger partial charge in [-0.05, 0) is 37.3 Å². The Morgan fingerprint density at radius 2 is 2.24 bits per heavy atom. The van der Waals surface area contributed by atoms with Crippen LogP contribution in [0.5, 0.6) is 0 Å². The predicted molar refractivity (Wildman–Crippen MR) is 94.7 cm³/mol. The molecule has 4 rings (SSSR count). The number of hydrogen-bond acceptors (Lipinski definition) is 4. The molecule has 2 aliphatic rings. The Hall–Kier alpha value is -2.21. The third kappa shape index (κ3) is 3.90. The summed E-state index contributed by atoms with van der Waals surface area (Å²) in [6.45, 7) is 5.97. The van der Waals surface area contributed by atoms with Crippen molar-refractivity contribution in [2.75, 3.05) is 13.1 Å². The maximum absolute atomic E-state index is 12.2. The summed E-state index contributed by atoms with van der Waals surface area (Å²) in [4.78, 5) is 23.6. The number of fused-ring (bicyclic) bond motifs is 1. The number of nitrogens with zero attached hydrogens (tertiary/aromatic N) is 4. The molecule has 6 nitrogen and oxygen atoms in total. The largest absolute Gasteiger partial charge is 0.352 e. The number of pyridine rings is 1. The molecule has 1 aliphatic carbocycles. The monoisotopic (exact) mass is 339 g/mol. The second kappa shape index (κ2) is 6.96. The molecule has 132 valence electrons. The van der Waals surface area contributed by atoms with Gasteiger partial charge in [-0.3, -0.25) is 14.7 Å².